The van der Waals surface area contributed by atoms with Gasteiger partial charge >= 0.3 is 7.66 Å². The summed E-state index contributed by atoms with van der Waals surface area (Å²) in [6.45, 7) is 12.8. The molecular formula is C12H25O3P2S+. The summed E-state index contributed by atoms with van der Waals surface area (Å²) >= 11 is 1.43. The highest BCUT2D eigenvalue weighted by molar-refractivity contribution is 8.48. The van der Waals surface area contributed by atoms with E-state index >= 15 is 0 Å². The van der Waals surface area contributed by atoms with E-state index in [1.54, 1.807) is 0 Å². The van der Waals surface area contributed by atoms with Crippen LogP contribution in [0.15, 0.2) is 0 Å². The van der Waals surface area contributed by atoms with E-state index in [9.17, 15) is 4.57 Å². The summed E-state index contributed by atoms with van der Waals surface area (Å²) in [6.07, 6.45) is -0.190. The molecule has 5 unspecified atom stereocenters. The van der Waals surface area contributed by atoms with Crippen molar-refractivity contribution in [2.24, 2.45) is 17.8 Å². The fourth-order valence-corrected chi connectivity index (χ4v) is 6.43. The molecule has 0 spiro atoms. The summed E-state index contributed by atoms with van der Waals surface area (Å²) in [5.74, 6) is 1.30. The Balaban J connectivity index is 2.97. The van der Waals surface area contributed by atoms with Crippen LogP contribution in [-0.4, -0.2) is 16.8 Å². The largest absolute Gasteiger partial charge is 0.400 e. The molecule has 0 saturated carbocycles. The maximum absolute atomic E-state index is 11.1. The molecule has 1 aliphatic rings. The van der Waals surface area contributed by atoms with E-state index in [0.29, 0.717) is 26.3 Å². The maximum Gasteiger partial charge on any atom is 0.400 e. The monoisotopic (exact) mass is 311 g/mol. The van der Waals surface area contributed by atoms with Gasteiger partial charge in [0.1, 0.15) is 0 Å². The Morgan fingerprint density at radius 2 is 1.78 bits per heavy atom. The molecule has 5 atom stereocenters. The molecule has 3 nitrogen and oxygen atoms in total. The molecule has 106 valence electrons. The third-order valence-corrected chi connectivity index (χ3v) is 8.59. The van der Waals surface area contributed by atoms with E-state index in [1.807, 2.05) is 0 Å². The van der Waals surface area contributed by atoms with Crippen LogP contribution >= 0.6 is 27.6 Å². The van der Waals surface area contributed by atoms with Crippen LogP contribution in [0.2, 0.25) is 0 Å². The second-order valence-electron chi connectivity index (χ2n) is 5.68. The number of ether oxygens (including phenoxy) is 2. The minimum atomic E-state index is -0.388. The standard InChI is InChI=1S/C12H24O3P2S/c1-7(2)10-14-11(8(3)4)16-12(15-10,9(5)6)18-17-13/h7-11,16H,1-6H3/p+1. The predicted octanol–water partition coefficient (Wildman–Crippen LogP) is 4.66. The zero-order valence-electron chi connectivity index (χ0n) is 12.0. The van der Waals surface area contributed by atoms with Gasteiger partial charge in [-0.15, -0.1) is 0 Å². The van der Waals surface area contributed by atoms with E-state index in [2.05, 4.69) is 41.5 Å². The van der Waals surface area contributed by atoms with Gasteiger partial charge < -0.3 is 9.47 Å². The first kappa shape index (κ1) is 16.9. The summed E-state index contributed by atoms with van der Waals surface area (Å²) in [5, 5.41) is 0. The van der Waals surface area contributed by atoms with Crippen molar-refractivity contribution < 1.29 is 14.0 Å². The lowest BCUT2D eigenvalue weighted by atomic mass is 10.2. The molecule has 0 aromatic heterocycles. The highest BCUT2D eigenvalue weighted by atomic mass is 32.7. The van der Waals surface area contributed by atoms with Gasteiger partial charge in [-0.05, 0) is 20.4 Å². The third-order valence-electron chi connectivity index (χ3n) is 3.02. The number of hydrogen-bond acceptors (Lipinski definition) is 4. The minimum Gasteiger partial charge on any atom is -0.344 e. The Morgan fingerprint density at radius 3 is 2.17 bits per heavy atom. The van der Waals surface area contributed by atoms with Crippen molar-refractivity contribution in [3.63, 3.8) is 0 Å². The summed E-state index contributed by atoms with van der Waals surface area (Å²) < 4.78 is 23.0. The fraction of sp³-hybridized carbons (Fsp3) is 1.00. The van der Waals surface area contributed by atoms with Gasteiger partial charge in [0.25, 0.3) is 0 Å². The first-order valence-electron chi connectivity index (χ1n) is 6.48. The number of rotatable bonds is 5. The molecule has 0 bridgehead atoms. The van der Waals surface area contributed by atoms with Crippen molar-refractivity contribution in [3.05, 3.63) is 0 Å². The van der Waals surface area contributed by atoms with Crippen molar-refractivity contribution in [1.29, 1.82) is 0 Å². The highest BCUT2D eigenvalue weighted by Gasteiger charge is 2.50. The lowest BCUT2D eigenvalue weighted by Crippen LogP contribution is -2.46. The van der Waals surface area contributed by atoms with Crippen LogP contribution in [0.5, 0.6) is 0 Å². The van der Waals surface area contributed by atoms with E-state index in [1.165, 1.54) is 11.4 Å². The van der Waals surface area contributed by atoms with Gasteiger partial charge in [0.15, 0.2) is 22.3 Å². The predicted molar refractivity (Wildman–Crippen MR) is 81.9 cm³/mol. The normalized spacial score (nSPS) is 35.2. The van der Waals surface area contributed by atoms with Crippen molar-refractivity contribution in [3.8, 4) is 0 Å². The fourth-order valence-electron chi connectivity index (χ4n) is 1.76. The number of hydrogen-bond donors (Lipinski definition) is 0. The van der Waals surface area contributed by atoms with Gasteiger partial charge in [-0.1, -0.05) is 46.1 Å². The highest BCUT2D eigenvalue weighted by Crippen LogP contribution is 2.59. The minimum absolute atomic E-state index is 0.190. The molecule has 18 heavy (non-hydrogen) atoms. The van der Waals surface area contributed by atoms with Gasteiger partial charge in [0.2, 0.25) is 0 Å². The molecular weight excluding hydrogens is 286 g/mol. The third kappa shape index (κ3) is 3.90. The van der Waals surface area contributed by atoms with Crippen LogP contribution in [-0.2, 0) is 14.0 Å². The van der Waals surface area contributed by atoms with Gasteiger partial charge in [-0.3, -0.25) is 0 Å². The molecule has 0 radical (unpaired) electrons. The quantitative estimate of drug-likeness (QED) is 0.692. The molecule has 1 heterocycles. The molecule has 0 aliphatic carbocycles. The van der Waals surface area contributed by atoms with Gasteiger partial charge in [0, 0.05) is 5.92 Å². The zero-order chi connectivity index (χ0) is 13.9. The van der Waals surface area contributed by atoms with Crippen LogP contribution in [0.4, 0.5) is 0 Å². The molecule has 6 heteroatoms. The molecule has 1 fully saturated rings. The second-order valence-corrected chi connectivity index (χ2v) is 9.74. The maximum atomic E-state index is 11.1. The van der Waals surface area contributed by atoms with Crippen LogP contribution in [0.25, 0.3) is 0 Å². The summed E-state index contributed by atoms with van der Waals surface area (Å²) in [7, 11) is 0.138. The lowest BCUT2D eigenvalue weighted by molar-refractivity contribution is -0.218. The molecule has 0 amide bonds. The Labute approximate surface area is 118 Å². The van der Waals surface area contributed by atoms with E-state index in [0.717, 1.165) is 0 Å². The summed E-state index contributed by atoms with van der Waals surface area (Å²) in [6, 6.07) is 0. The summed E-state index contributed by atoms with van der Waals surface area (Å²) in [5.41, 5.74) is 0. The Morgan fingerprint density at radius 1 is 1.17 bits per heavy atom. The molecule has 0 aromatic carbocycles. The van der Waals surface area contributed by atoms with E-state index in [4.69, 9.17) is 9.47 Å². The van der Waals surface area contributed by atoms with Crippen LogP contribution < -0.4 is 0 Å². The van der Waals surface area contributed by atoms with Gasteiger partial charge in [-0.25, -0.2) is 0 Å². The topological polar surface area (TPSA) is 35.5 Å². The zero-order valence-corrected chi connectivity index (χ0v) is 14.8. The van der Waals surface area contributed by atoms with Crippen LogP contribution in [0.3, 0.4) is 0 Å². The van der Waals surface area contributed by atoms with Crippen LogP contribution in [0.1, 0.15) is 41.5 Å². The van der Waals surface area contributed by atoms with Crippen molar-refractivity contribution in [1.82, 2.24) is 0 Å². The Kier molecular flexibility index (Phi) is 6.55. The first-order chi connectivity index (χ1) is 8.32. The molecule has 1 aliphatic heterocycles. The van der Waals surface area contributed by atoms with Gasteiger partial charge in [-0.2, -0.15) is 0 Å². The average molecular weight is 311 g/mol. The first-order valence-corrected chi connectivity index (χ1v) is 10.0. The molecule has 1 saturated heterocycles. The smallest absolute Gasteiger partial charge is 0.344 e. The van der Waals surface area contributed by atoms with E-state index in [-0.39, 0.29) is 24.5 Å². The average Bonchev–Trinajstić information content (AvgIpc) is 2.28. The SMILES string of the molecule is CC(C)C1OC(C(C)C)PC(S[PH+]=O)(C(C)C)O1. The van der Waals surface area contributed by atoms with Crippen molar-refractivity contribution >= 4 is 27.6 Å². The van der Waals surface area contributed by atoms with Crippen molar-refractivity contribution in [2.75, 3.05) is 0 Å². The molecule has 1 rings (SSSR count). The van der Waals surface area contributed by atoms with Crippen LogP contribution in [0, 0.1) is 17.8 Å². The Hall–Kier alpha value is 0.800. The molecule has 0 N–H and O–H groups in total. The summed E-state index contributed by atoms with van der Waals surface area (Å²) in [4.78, 5) is 0. The van der Waals surface area contributed by atoms with Gasteiger partial charge in [0.05, 0.1) is 5.85 Å². The van der Waals surface area contributed by atoms with Crippen molar-refractivity contribution in [2.45, 2.75) is 58.4 Å². The molecule has 0 aromatic rings. The second kappa shape index (κ2) is 6.99. The van der Waals surface area contributed by atoms with E-state index < -0.39 is 0 Å². The lowest BCUT2D eigenvalue weighted by Gasteiger charge is -2.45. The Bertz CT molecular complexity index is 268.